The number of imide groups is 1. The van der Waals surface area contributed by atoms with E-state index in [1.54, 1.807) is 6.08 Å². The van der Waals surface area contributed by atoms with E-state index in [0.717, 1.165) is 16.9 Å². The number of cyclic esters (lactones) is 1. The highest BCUT2D eigenvalue weighted by molar-refractivity contribution is 5.94. The van der Waals surface area contributed by atoms with E-state index in [-0.39, 0.29) is 24.9 Å². The Kier molecular flexibility index (Phi) is 6.70. The summed E-state index contributed by atoms with van der Waals surface area (Å²) in [6, 6.07) is 16.7. The van der Waals surface area contributed by atoms with E-state index >= 15 is 0 Å². The maximum absolute atomic E-state index is 13.0. The molecule has 152 valence electrons. The molecule has 1 aliphatic rings. The normalized spacial score (nSPS) is 17.1. The Morgan fingerprint density at radius 3 is 2.52 bits per heavy atom. The lowest BCUT2D eigenvalue weighted by Crippen LogP contribution is -2.34. The van der Waals surface area contributed by atoms with Gasteiger partial charge in [-0.1, -0.05) is 62.4 Å². The second-order valence-corrected chi connectivity index (χ2v) is 7.59. The molecule has 0 saturated carbocycles. The number of rotatable bonds is 8. The second-order valence-electron chi connectivity index (χ2n) is 7.59. The summed E-state index contributed by atoms with van der Waals surface area (Å²) in [7, 11) is 0. The topological polar surface area (TPSA) is 55.8 Å². The van der Waals surface area contributed by atoms with Gasteiger partial charge in [-0.05, 0) is 29.2 Å². The predicted octanol–water partition coefficient (Wildman–Crippen LogP) is 5.10. The molecule has 29 heavy (non-hydrogen) atoms. The fourth-order valence-electron chi connectivity index (χ4n) is 3.32. The molecule has 1 aliphatic heterocycles. The van der Waals surface area contributed by atoms with Crippen LogP contribution in [0.25, 0.3) is 0 Å². The van der Waals surface area contributed by atoms with Crippen molar-refractivity contribution in [2.75, 3.05) is 13.2 Å². The van der Waals surface area contributed by atoms with Gasteiger partial charge in [-0.15, -0.1) is 6.58 Å². The first-order valence-electron chi connectivity index (χ1n) is 9.88. The molecule has 5 nitrogen and oxygen atoms in total. The van der Waals surface area contributed by atoms with Gasteiger partial charge < -0.3 is 9.47 Å². The van der Waals surface area contributed by atoms with Crippen molar-refractivity contribution in [3.8, 4) is 5.75 Å². The number of ether oxygens (including phenoxy) is 2. The molecule has 0 aromatic heterocycles. The van der Waals surface area contributed by atoms with Crippen molar-refractivity contribution in [3.63, 3.8) is 0 Å². The number of hydrogen-bond donors (Lipinski definition) is 0. The third-order valence-corrected chi connectivity index (χ3v) is 4.90. The van der Waals surface area contributed by atoms with Crippen molar-refractivity contribution in [3.05, 3.63) is 78.4 Å². The van der Waals surface area contributed by atoms with Crippen LogP contribution in [0.1, 0.15) is 43.4 Å². The minimum atomic E-state index is -0.593. The van der Waals surface area contributed by atoms with E-state index in [2.05, 4.69) is 20.4 Å². The van der Waals surface area contributed by atoms with E-state index in [1.807, 2.05) is 54.6 Å². The largest absolute Gasteiger partial charge is 0.493 e. The van der Waals surface area contributed by atoms with Crippen LogP contribution in [0.5, 0.6) is 5.75 Å². The van der Waals surface area contributed by atoms with Gasteiger partial charge in [-0.2, -0.15) is 0 Å². The molecule has 1 saturated heterocycles. The standard InChI is InChI=1S/C24H27NO4/c1-4-18(19-10-12-21(13-11-19)28-15-17(2)3)14-23(26)25-22(16-29-24(25)27)20-8-6-5-7-9-20/h4-13,17-18,22H,1,14-16H2,2-3H3/t18-,22+/m0/s1. The van der Waals surface area contributed by atoms with Crippen LogP contribution in [-0.4, -0.2) is 30.1 Å². The monoisotopic (exact) mass is 393 g/mol. The van der Waals surface area contributed by atoms with Gasteiger partial charge in [0.05, 0.1) is 6.61 Å². The average Bonchev–Trinajstić information content (AvgIpc) is 3.13. The Labute approximate surface area is 171 Å². The van der Waals surface area contributed by atoms with Crippen molar-refractivity contribution in [1.29, 1.82) is 0 Å². The lowest BCUT2D eigenvalue weighted by atomic mass is 9.94. The number of nitrogens with zero attached hydrogens (tertiary/aromatic N) is 1. The molecular formula is C24H27NO4. The summed E-state index contributed by atoms with van der Waals surface area (Å²) in [5, 5.41) is 0. The Bertz CT molecular complexity index is 845. The molecule has 2 amide bonds. The van der Waals surface area contributed by atoms with Gasteiger partial charge in [0.1, 0.15) is 18.4 Å². The van der Waals surface area contributed by atoms with Crippen LogP contribution in [0.15, 0.2) is 67.3 Å². The van der Waals surface area contributed by atoms with Crippen molar-refractivity contribution >= 4 is 12.0 Å². The molecular weight excluding hydrogens is 366 g/mol. The van der Waals surface area contributed by atoms with Crippen LogP contribution in [0.4, 0.5) is 4.79 Å². The molecule has 1 fully saturated rings. The van der Waals surface area contributed by atoms with Crippen molar-refractivity contribution in [2.45, 2.75) is 32.2 Å². The molecule has 2 atom stereocenters. The Morgan fingerprint density at radius 2 is 1.90 bits per heavy atom. The zero-order valence-corrected chi connectivity index (χ0v) is 16.9. The molecule has 1 heterocycles. The first-order valence-corrected chi connectivity index (χ1v) is 9.88. The highest BCUT2D eigenvalue weighted by Crippen LogP contribution is 2.31. The Hall–Kier alpha value is -3.08. The van der Waals surface area contributed by atoms with Gasteiger partial charge in [0.25, 0.3) is 0 Å². The van der Waals surface area contributed by atoms with Crippen LogP contribution in [0, 0.1) is 5.92 Å². The summed E-state index contributed by atoms with van der Waals surface area (Å²) in [6.07, 6.45) is 1.29. The number of carbonyl (C=O) groups excluding carboxylic acids is 2. The average molecular weight is 393 g/mol. The molecule has 2 aromatic carbocycles. The predicted molar refractivity (Wildman–Crippen MR) is 112 cm³/mol. The molecule has 3 rings (SSSR count). The van der Waals surface area contributed by atoms with Crippen molar-refractivity contribution < 1.29 is 19.1 Å². The zero-order valence-electron chi connectivity index (χ0n) is 16.9. The van der Waals surface area contributed by atoms with Gasteiger partial charge in [0.2, 0.25) is 5.91 Å². The molecule has 0 spiro atoms. The van der Waals surface area contributed by atoms with E-state index in [1.165, 1.54) is 4.90 Å². The van der Waals surface area contributed by atoms with Gasteiger partial charge in [-0.25, -0.2) is 9.69 Å². The molecule has 0 radical (unpaired) electrons. The smallest absolute Gasteiger partial charge is 0.417 e. The minimum Gasteiger partial charge on any atom is -0.493 e. The summed E-state index contributed by atoms with van der Waals surface area (Å²) in [4.78, 5) is 26.4. The lowest BCUT2D eigenvalue weighted by Gasteiger charge is -2.22. The van der Waals surface area contributed by atoms with Gasteiger partial charge in [-0.3, -0.25) is 4.79 Å². The summed E-state index contributed by atoms with van der Waals surface area (Å²) < 4.78 is 10.9. The van der Waals surface area contributed by atoms with Crippen LogP contribution in [0.2, 0.25) is 0 Å². The first-order chi connectivity index (χ1) is 14.0. The fraction of sp³-hybridized carbons (Fsp3) is 0.333. The molecule has 5 heteroatoms. The second kappa shape index (κ2) is 9.41. The van der Waals surface area contributed by atoms with E-state index in [0.29, 0.717) is 12.5 Å². The Morgan fingerprint density at radius 1 is 1.21 bits per heavy atom. The molecule has 0 N–H and O–H groups in total. The number of amides is 2. The maximum Gasteiger partial charge on any atom is 0.417 e. The summed E-state index contributed by atoms with van der Waals surface area (Å²) in [6.45, 7) is 8.90. The fourth-order valence-corrected chi connectivity index (χ4v) is 3.32. The zero-order chi connectivity index (χ0) is 20.8. The molecule has 0 aliphatic carbocycles. The summed E-state index contributed by atoms with van der Waals surface area (Å²) in [5.74, 6) is 0.771. The third-order valence-electron chi connectivity index (χ3n) is 4.90. The van der Waals surface area contributed by atoms with Crippen LogP contribution >= 0.6 is 0 Å². The van der Waals surface area contributed by atoms with Gasteiger partial charge >= 0.3 is 6.09 Å². The number of carbonyl (C=O) groups is 2. The summed E-state index contributed by atoms with van der Waals surface area (Å²) in [5.41, 5.74) is 1.84. The SMILES string of the molecule is C=C[C@@H](CC(=O)N1C(=O)OC[C@@H]1c1ccccc1)c1ccc(OCC(C)C)cc1. The number of allylic oxidation sites excluding steroid dienone is 1. The quantitative estimate of drug-likeness (QED) is 0.586. The highest BCUT2D eigenvalue weighted by atomic mass is 16.6. The highest BCUT2D eigenvalue weighted by Gasteiger charge is 2.39. The number of hydrogen-bond acceptors (Lipinski definition) is 4. The first kappa shape index (κ1) is 20.6. The molecule has 0 unspecified atom stereocenters. The Balaban J connectivity index is 1.70. The van der Waals surface area contributed by atoms with Crippen molar-refractivity contribution in [1.82, 2.24) is 4.90 Å². The van der Waals surface area contributed by atoms with Gasteiger partial charge in [0.15, 0.2) is 0 Å². The van der Waals surface area contributed by atoms with Gasteiger partial charge in [0, 0.05) is 12.3 Å². The lowest BCUT2D eigenvalue weighted by molar-refractivity contribution is -0.129. The van der Waals surface area contributed by atoms with E-state index < -0.39 is 12.1 Å². The maximum atomic E-state index is 13.0. The minimum absolute atomic E-state index is 0.147. The van der Waals surface area contributed by atoms with Crippen LogP contribution < -0.4 is 4.74 Å². The summed E-state index contributed by atoms with van der Waals surface area (Å²) >= 11 is 0. The number of benzene rings is 2. The molecule has 0 bridgehead atoms. The van der Waals surface area contributed by atoms with Crippen molar-refractivity contribution in [2.24, 2.45) is 5.92 Å². The van der Waals surface area contributed by atoms with E-state index in [9.17, 15) is 9.59 Å². The van der Waals surface area contributed by atoms with Crippen LogP contribution in [-0.2, 0) is 9.53 Å². The van der Waals surface area contributed by atoms with E-state index in [4.69, 9.17) is 9.47 Å². The van der Waals surface area contributed by atoms with Crippen LogP contribution in [0.3, 0.4) is 0 Å². The molecule has 2 aromatic rings. The third kappa shape index (κ3) is 5.05.